The Balaban J connectivity index is 1.91. The van der Waals surface area contributed by atoms with Crippen molar-refractivity contribution in [3.05, 3.63) is 65.5 Å². The van der Waals surface area contributed by atoms with Gasteiger partial charge in [-0.2, -0.15) is 0 Å². The molecule has 4 nitrogen and oxygen atoms in total. The maximum absolute atomic E-state index is 9.22. The van der Waals surface area contributed by atoms with Crippen molar-refractivity contribution < 1.29 is 9.52 Å². The second-order valence-electron chi connectivity index (χ2n) is 4.42. The Kier molecular flexibility index (Phi) is 3.16. The van der Waals surface area contributed by atoms with Crippen LogP contribution in [-0.4, -0.2) is 15.1 Å². The number of aliphatic hydroxyl groups excluding tert-OH is 1. The van der Waals surface area contributed by atoms with Crippen LogP contribution < -0.4 is 0 Å². The third kappa shape index (κ3) is 2.51. The molecular weight excluding hydrogens is 276 g/mol. The molecule has 0 bridgehead atoms. The van der Waals surface area contributed by atoms with Crippen molar-refractivity contribution in [3.8, 4) is 0 Å². The minimum absolute atomic E-state index is 0.127. The molecule has 2 heterocycles. The van der Waals surface area contributed by atoms with Crippen LogP contribution in [0.4, 0.5) is 0 Å². The summed E-state index contributed by atoms with van der Waals surface area (Å²) in [6.07, 6.45) is 3.60. The van der Waals surface area contributed by atoms with Gasteiger partial charge in [-0.1, -0.05) is 24.2 Å². The number of aromatic nitrogens is 2. The summed E-state index contributed by atoms with van der Waals surface area (Å²) in [5.74, 6) is 0.674. The molecule has 0 radical (unpaired) electrons. The molecule has 3 aromatic rings. The first-order chi connectivity index (χ1) is 9.61. The minimum Gasteiger partial charge on any atom is -0.505 e. The summed E-state index contributed by atoms with van der Waals surface area (Å²) in [7, 11) is 0. The van der Waals surface area contributed by atoms with E-state index in [1.807, 2.05) is 24.3 Å². The highest BCUT2D eigenvalue weighted by Crippen LogP contribution is 2.20. The molecule has 0 amide bonds. The number of benzene rings is 1. The lowest BCUT2D eigenvalue weighted by Gasteiger charge is -2.01. The highest BCUT2D eigenvalue weighted by molar-refractivity contribution is 6.31. The lowest BCUT2D eigenvalue weighted by molar-refractivity contribution is 0.440. The van der Waals surface area contributed by atoms with Crippen molar-refractivity contribution in [2.75, 3.05) is 0 Å². The fourth-order valence-electron chi connectivity index (χ4n) is 1.96. The van der Waals surface area contributed by atoms with Gasteiger partial charge in [0, 0.05) is 18.0 Å². The fraction of sp³-hybridized carbons (Fsp3) is 0.0667. The first-order valence-electron chi connectivity index (χ1n) is 5.99. The second kappa shape index (κ2) is 4.98. The lowest BCUT2D eigenvalue weighted by Crippen LogP contribution is -1.89. The van der Waals surface area contributed by atoms with Crippen LogP contribution in [-0.2, 0) is 6.42 Å². The van der Waals surface area contributed by atoms with E-state index < -0.39 is 0 Å². The van der Waals surface area contributed by atoms with Gasteiger partial charge in [-0.15, -0.1) is 0 Å². The number of nitrogens with zero attached hydrogens (tertiary/aromatic N) is 2. The average Bonchev–Trinajstić information content (AvgIpc) is 2.87. The lowest BCUT2D eigenvalue weighted by atomic mass is 10.1. The largest absolute Gasteiger partial charge is 0.505 e. The van der Waals surface area contributed by atoms with Crippen LogP contribution in [0, 0.1) is 0 Å². The quantitative estimate of drug-likeness (QED) is 0.740. The highest BCUT2D eigenvalue weighted by atomic mass is 35.5. The molecule has 0 aliphatic carbocycles. The normalized spacial score (nSPS) is 10.8. The molecule has 0 fully saturated rings. The van der Waals surface area contributed by atoms with E-state index in [9.17, 15) is 5.11 Å². The van der Waals surface area contributed by atoms with Gasteiger partial charge in [0.05, 0.1) is 16.7 Å². The second-order valence-corrected chi connectivity index (χ2v) is 4.86. The zero-order chi connectivity index (χ0) is 14.1. The average molecular weight is 287 g/mol. The van der Waals surface area contributed by atoms with Crippen LogP contribution in [0.2, 0.25) is 5.02 Å². The molecule has 0 atom stereocenters. The van der Waals surface area contributed by atoms with Gasteiger partial charge < -0.3 is 9.52 Å². The molecule has 0 saturated heterocycles. The van der Waals surface area contributed by atoms with Crippen LogP contribution in [0.25, 0.3) is 16.7 Å². The summed E-state index contributed by atoms with van der Waals surface area (Å²) in [6, 6.07) is 7.74. The van der Waals surface area contributed by atoms with Gasteiger partial charge in [0.2, 0.25) is 0 Å². The molecule has 2 aromatic heterocycles. The Bertz CT molecular complexity index is 795. The van der Waals surface area contributed by atoms with E-state index in [1.165, 1.54) is 6.20 Å². The van der Waals surface area contributed by atoms with Gasteiger partial charge >= 0.3 is 0 Å². The monoisotopic (exact) mass is 286 g/mol. The summed E-state index contributed by atoms with van der Waals surface area (Å²) in [4.78, 5) is 8.34. The number of fused-ring (bicyclic) bond motifs is 1. The Morgan fingerprint density at radius 2 is 2.10 bits per heavy atom. The number of oxazole rings is 1. The Morgan fingerprint density at radius 3 is 2.85 bits per heavy atom. The van der Waals surface area contributed by atoms with E-state index in [1.54, 1.807) is 6.20 Å². The Hall–Kier alpha value is -2.33. The van der Waals surface area contributed by atoms with Gasteiger partial charge in [0.25, 0.3) is 0 Å². The molecule has 0 aliphatic heterocycles. The summed E-state index contributed by atoms with van der Waals surface area (Å²) in [5.41, 5.74) is 1.91. The number of rotatable bonds is 3. The third-order valence-corrected chi connectivity index (χ3v) is 3.11. The van der Waals surface area contributed by atoms with Crippen LogP contribution in [0.5, 0.6) is 0 Å². The molecule has 0 saturated carbocycles. The Morgan fingerprint density at radius 1 is 1.25 bits per heavy atom. The van der Waals surface area contributed by atoms with E-state index in [0.29, 0.717) is 17.3 Å². The molecule has 3 rings (SSSR count). The maximum atomic E-state index is 9.22. The van der Waals surface area contributed by atoms with Crippen molar-refractivity contribution in [3.63, 3.8) is 0 Å². The zero-order valence-corrected chi connectivity index (χ0v) is 11.3. The molecule has 0 spiro atoms. The maximum Gasteiger partial charge on any atom is 0.199 e. The molecule has 1 N–H and O–H groups in total. The van der Waals surface area contributed by atoms with Crippen LogP contribution in [0.15, 0.2) is 47.7 Å². The van der Waals surface area contributed by atoms with E-state index >= 15 is 0 Å². The van der Waals surface area contributed by atoms with Crippen molar-refractivity contribution in [2.45, 2.75) is 6.42 Å². The smallest absolute Gasteiger partial charge is 0.199 e. The van der Waals surface area contributed by atoms with Crippen molar-refractivity contribution >= 4 is 28.3 Å². The van der Waals surface area contributed by atoms with Gasteiger partial charge in [-0.3, -0.25) is 4.98 Å². The SMILES string of the molecule is C=C(O)c1cnc(Cc2ccc3ncc(Cl)cc3c2)o1. The fourth-order valence-corrected chi connectivity index (χ4v) is 2.13. The molecular formula is C15H11ClN2O2. The van der Waals surface area contributed by atoms with E-state index in [-0.39, 0.29) is 11.5 Å². The molecule has 0 aliphatic rings. The Labute approximate surface area is 120 Å². The summed E-state index contributed by atoms with van der Waals surface area (Å²) in [6.45, 7) is 3.40. The van der Waals surface area contributed by atoms with E-state index in [4.69, 9.17) is 16.0 Å². The van der Waals surface area contributed by atoms with Crippen molar-refractivity contribution in [1.29, 1.82) is 0 Å². The first-order valence-corrected chi connectivity index (χ1v) is 6.37. The summed E-state index contributed by atoms with van der Waals surface area (Å²) < 4.78 is 5.38. The number of hydrogen-bond donors (Lipinski definition) is 1. The topological polar surface area (TPSA) is 59.2 Å². The number of halogens is 1. The predicted molar refractivity (Wildman–Crippen MR) is 77.7 cm³/mol. The van der Waals surface area contributed by atoms with Gasteiger partial charge in [0.15, 0.2) is 17.4 Å². The minimum atomic E-state index is -0.127. The molecule has 20 heavy (non-hydrogen) atoms. The third-order valence-electron chi connectivity index (χ3n) is 2.91. The number of pyridine rings is 1. The molecule has 0 unspecified atom stereocenters. The van der Waals surface area contributed by atoms with Gasteiger partial charge in [-0.25, -0.2) is 4.98 Å². The van der Waals surface area contributed by atoms with Crippen LogP contribution in [0.1, 0.15) is 17.2 Å². The van der Waals surface area contributed by atoms with Crippen LogP contribution in [0.3, 0.4) is 0 Å². The number of aliphatic hydroxyl groups is 1. The molecule has 5 heteroatoms. The van der Waals surface area contributed by atoms with E-state index in [0.717, 1.165) is 16.5 Å². The first kappa shape index (κ1) is 12.7. The standard InChI is InChI=1S/C15H11ClN2O2/c1-9(19)14-8-18-15(20-14)5-10-2-3-13-11(4-10)6-12(16)7-17-13/h2-4,6-8,19H,1,5H2. The molecule has 1 aromatic carbocycles. The summed E-state index contributed by atoms with van der Waals surface area (Å²) in [5, 5.41) is 10.8. The van der Waals surface area contributed by atoms with Crippen LogP contribution >= 0.6 is 11.6 Å². The highest BCUT2D eigenvalue weighted by Gasteiger charge is 2.07. The van der Waals surface area contributed by atoms with E-state index in [2.05, 4.69) is 16.5 Å². The predicted octanol–water partition coefficient (Wildman–Crippen LogP) is 4.00. The van der Waals surface area contributed by atoms with Gasteiger partial charge in [-0.05, 0) is 23.8 Å². The number of hydrogen-bond acceptors (Lipinski definition) is 4. The van der Waals surface area contributed by atoms with Crippen molar-refractivity contribution in [1.82, 2.24) is 9.97 Å². The van der Waals surface area contributed by atoms with Gasteiger partial charge in [0.1, 0.15) is 0 Å². The molecule has 100 valence electrons. The van der Waals surface area contributed by atoms with Crippen molar-refractivity contribution in [2.24, 2.45) is 0 Å². The zero-order valence-electron chi connectivity index (χ0n) is 10.5. The summed E-state index contributed by atoms with van der Waals surface area (Å²) >= 11 is 5.94.